The first kappa shape index (κ1) is 25.6. The smallest absolute Gasteiger partial charge is 0.416 e. The number of alkyl halides is 3. The highest BCUT2D eigenvalue weighted by molar-refractivity contribution is 7.98. The Hall–Kier alpha value is -3.46. The molecule has 36 heavy (non-hydrogen) atoms. The van der Waals surface area contributed by atoms with Crippen molar-refractivity contribution in [3.63, 3.8) is 0 Å². The van der Waals surface area contributed by atoms with Crippen molar-refractivity contribution in [2.24, 2.45) is 0 Å². The average Bonchev–Trinajstić information content (AvgIpc) is 3.19. The van der Waals surface area contributed by atoms with Crippen LogP contribution in [0.25, 0.3) is 0 Å². The quantitative estimate of drug-likeness (QED) is 0.256. The van der Waals surface area contributed by atoms with Crippen LogP contribution in [0.3, 0.4) is 0 Å². The SMILES string of the molecule is CCOC(=O)COc1ccc(CSc2cccc3c2CN(c2ccc(C(F)(F)F)cc2)C3=O)cc1C. The van der Waals surface area contributed by atoms with Gasteiger partial charge in [-0.15, -0.1) is 11.8 Å². The highest BCUT2D eigenvalue weighted by Crippen LogP contribution is 2.37. The second-order valence-corrected chi connectivity index (χ2v) is 9.22. The number of hydrogen-bond acceptors (Lipinski definition) is 5. The van der Waals surface area contributed by atoms with E-state index in [9.17, 15) is 22.8 Å². The highest BCUT2D eigenvalue weighted by Gasteiger charge is 2.33. The summed E-state index contributed by atoms with van der Waals surface area (Å²) in [6.07, 6.45) is -4.43. The Kier molecular flexibility index (Phi) is 7.59. The third kappa shape index (κ3) is 5.67. The number of nitrogens with zero attached hydrogens (tertiary/aromatic N) is 1. The number of benzene rings is 3. The summed E-state index contributed by atoms with van der Waals surface area (Å²) < 4.78 is 49.1. The van der Waals surface area contributed by atoms with Gasteiger partial charge in [-0.25, -0.2) is 4.79 Å². The number of fused-ring (bicyclic) bond motifs is 1. The van der Waals surface area contributed by atoms with Crippen LogP contribution in [0.2, 0.25) is 0 Å². The zero-order valence-electron chi connectivity index (χ0n) is 19.7. The summed E-state index contributed by atoms with van der Waals surface area (Å²) in [4.78, 5) is 26.9. The van der Waals surface area contributed by atoms with E-state index in [0.29, 0.717) is 35.9 Å². The molecule has 0 fully saturated rings. The Morgan fingerprint density at radius 1 is 1.08 bits per heavy atom. The summed E-state index contributed by atoms with van der Waals surface area (Å²) in [7, 11) is 0. The number of carbonyl (C=O) groups excluding carboxylic acids is 2. The lowest BCUT2D eigenvalue weighted by Crippen LogP contribution is -2.23. The van der Waals surface area contributed by atoms with Gasteiger partial charge in [-0.2, -0.15) is 13.2 Å². The molecule has 3 aromatic carbocycles. The molecule has 1 aliphatic heterocycles. The van der Waals surface area contributed by atoms with Gasteiger partial charge < -0.3 is 14.4 Å². The molecule has 4 rings (SSSR count). The minimum Gasteiger partial charge on any atom is -0.482 e. The summed E-state index contributed by atoms with van der Waals surface area (Å²) >= 11 is 1.58. The summed E-state index contributed by atoms with van der Waals surface area (Å²) in [5.74, 6) is 0.597. The molecule has 0 saturated carbocycles. The Bertz CT molecular complexity index is 1280. The van der Waals surface area contributed by atoms with E-state index < -0.39 is 17.7 Å². The molecule has 1 heterocycles. The number of amides is 1. The van der Waals surface area contributed by atoms with Gasteiger partial charge in [-0.05, 0) is 73.0 Å². The maximum atomic E-state index is 13.0. The molecule has 0 unspecified atom stereocenters. The van der Waals surface area contributed by atoms with Crippen molar-refractivity contribution in [2.45, 2.75) is 37.2 Å². The number of carbonyl (C=O) groups is 2. The molecule has 0 radical (unpaired) electrons. The number of esters is 1. The largest absolute Gasteiger partial charge is 0.482 e. The number of aryl methyl sites for hydroxylation is 1. The van der Waals surface area contributed by atoms with Crippen molar-refractivity contribution < 1.29 is 32.2 Å². The minimum absolute atomic E-state index is 0.150. The Labute approximate surface area is 211 Å². The molecule has 0 atom stereocenters. The van der Waals surface area contributed by atoms with Gasteiger partial charge in [0.05, 0.1) is 18.7 Å². The first-order valence-corrected chi connectivity index (χ1v) is 12.3. The number of anilines is 1. The predicted molar refractivity (Wildman–Crippen MR) is 131 cm³/mol. The van der Waals surface area contributed by atoms with Gasteiger partial charge in [0.15, 0.2) is 6.61 Å². The fraction of sp³-hybridized carbons (Fsp3) is 0.259. The maximum absolute atomic E-state index is 13.0. The molecule has 9 heteroatoms. The Morgan fingerprint density at radius 2 is 1.83 bits per heavy atom. The lowest BCUT2D eigenvalue weighted by molar-refractivity contribution is -0.145. The van der Waals surface area contributed by atoms with Crippen LogP contribution in [-0.2, 0) is 28.0 Å². The molecule has 188 valence electrons. The van der Waals surface area contributed by atoms with Crippen LogP contribution in [0.5, 0.6) is 5.75 Å². The minimum atomic E-state index is -4.43. The molecule has 0 spiro atoms. The highest BCUT2D eigenvalue weighted by atomic mass is 32.2. The molecule has 0 bridgehead atoms. The van der Waals surface area contributed by atoms with E-state index in [1.807, 2.05) is 37.3 Å². The molecule has 0 saturated heterocycles. The average molecular weight is 516 g/mol. The van der Waals surface area contributed by atoms with Gasteiger partial charge in [-0.1, -0.05) is 18.2 Å². The first-order chi connectivity index (χ1) is 17.2. The van der Waals surface area contributed by atoms with E-state index in [4.69, 9.17) is 9.47 Å². The number of hydrogen-bond donors (Lipinski definition) is 0. The van der Waals surface area contributed by atoms with E-state index >= 15 is 0 Å². The van der Waals surface area contributed by atoms with Crippen LogP contribution < -0.4 is 9.64 Å². The number of ether oxygens (including phenoxy) is 2. The zero-order valence-corrected chi connectivity index (χ0v) is 20.5. The third-order valence-corrected chi connectivity index (χ3v) is 6.89. The van der Waals surface area contributed by atoms with E-state index in [0.717, 1.165) is 33.7 Å². The Balaban J connectivity index is 1.44. The number of thioether (sulfide) groups is 1. The molecule has 0 aromatic heterocycles. The fourth-order valence-electron chi connectivity index (χ4n) is 3.94. The first-order valence-electron chi connectivity index (χ1n) is 11.3. The van der Waals surface area contributed by atoms with Crippen molar-refractivity contribution in [2.75, 3.05) is 18.1 Å². The molecule has 1 aliphatic rings. The monoisotopic (exact) mass is 515 g/mol. The fourth-order valence-corrected chi connectivity index (χ4v) is 4.97. The Morgan fingerprint density at radius 3 is 2.50 bits per heavy atom. The molecule has 3 aromatic rings. The van der Waals surface area contributed by atoms with E-state index in [2.05, 4.69) is 0 Å². The zero-order chi connectivity index (χ0) is 25.9. The number of rotatable bonds is 8. The van der Waals surface area contributed by atoms with Crippen LogP contribution in [-0.4, -0.2) is 25.1 Å². The van der Waals surface area contributed by atoms with Gasteiger partial charge >= 0.3 is 12.1 Å². The molecular formula is C27H24F3NO4S. The topological polar surface area (TPSA) is 55.8 Å². The second kappa shape index (κ2) is 10.7. The maximum Gasteiger partial charge on any atom is 0.416 e. The van der Waals surface area contributed by atoms with Crippen molar-refractivity contribution in [3.05, 3.63) is 88.5 Å². The number of halogens is 3. The molecular weight excluding hydrogens is 491 g/mol. The second-order valence-electron chi connectivity index (χ2n) is 8.20. The van der Waals surface area contributed by atoms with Crippen molar-refractivity contribution >= 4 is 29.3 Å². The van der Waals surface area contributed by atoms with Crippen LogP contribution >= 0.6 is 11.8 Å². The molecule has 5 nitrogen and oxygen atoms in total. The summed E-state index contributed by atoms with van der Waals surface area (Å²) in [6, 6.07) is 15.8. The van der Waals surface area contributed by atoms with Gasteiger partial charge in [0.25, 0.3) is 5.91 Å². The molecule has 1 amide bonds. The van der Waals surface area contributed by atoms with E-state index in [1.54, 1.807) is 24.8 Å². The lowest BCUT2D eigenvalue weighted by atomic mass is 10.1. The summed E-state index contributed by atoms with van der Waals surface area (Å²) in [6.45, 7) is 4.08. The summed E-state index contributed by atoms with van der Waals surface area (Å²) in [5, 5.41) is 0. The van der Waals surface area contributed by atoms with Crippen LogP contribution in [0.15, 0.2) is 65.6 Å². The van der Waals surface area contributed by atoms with Gasteiger partial charge in [-0.3, -0.25) is 4.79 Å². The van der Waals surface area contributed by atoms with Gasteiger partial charge in [0.2, 0.25) is 0 Å². The van der Waals surface area contributed by atoms with Gasteiger partial charge in [0, 0.05) is 21.9 Å². The standard InChI is InChI=1S/C27H24F3NO4S/c1-3-34-25(32)15-35-23-12-7-18(13-17(23)2)16-36-24-6-4-5-21-22(24)14-31(26(21)33)20-10-8-19(9-11-20)27(28,29)30/h4-13H,3,14-16H2,1-2H3. The lowest BCUT2D eigenvalue weighted by Gasteiger charge is -2.17. The molecule has 0 N–H and O–H groups in total. The predicted octanol–water partition coefficient (Wildman–Crippen LogP) is 6.41. The van der Waals surface area contributed by atoms with Crippen molar-refractivity contribution in [1.29, 1.82) is 0 Å². The van der Waals surface area contributed by atoms with E-state index in [-0.39, 0.29) is 12.5 Å². The van der Waals surface area contributed by atoms with Crippen molar-refractivity contribution in [1.82, 2.24) is 0 Å². The van der Waals surface area contributed by atoms with E-state index in [1.165, 1.54) is 17.0 Å². The van der Waals surface area contributed by atoms with Crippen molar-refractivity contribution in [3.8, 4) is 5.75 Å². The van der Waals surface area contributed by atoms with Gasteiger partial charge in [0.1, 0.15) is 5.75 Å². The van der Waals surface area contributed by atoms with Crippen LogP contribution in [0.1, 0.15) is 39.5 Å². The summed E-state index contributed by atoms with van der Waals surface area (Å²) in [5.41, 5.74) is 3.02. The molecule has 0 aliphatic carbocycles. The van der Waals surface area contributed by atoms with Crippen LogP contribution in [0, 0.1) is 6.92 Å². The normalized spacial score (nSPS) is 13.0. The third-order valence-electron chi connectivity index (χ3n) is 5.72. The van der Waals surface area contributed by atoms with Crippen LogP contribution in [0.4, 0.5) is 18.9 Å².